The summed E-state index contributed by atoms with van der Waals surface area (Å²) < 4.78 is 0. The van der Waals surface area contributed by atoms with Crippen LogP contribution in [-0.2, 0) is 25.7 Å². The fraction of sp³-hybridized carbons (Fsp3) is 0.208. The van der Waals surface area contributed by atoms with Gasteiger partial charge in [0.2, 0.25) is 11.8 Å². The Morgan fingerprint density at radius 2 is 1.97 bits per heavy atom. The van der Waals surface area contributed by atoms with Crippen molar-refractivity contribution >= 4 is 58.7 Å². The second-order valence-electron chi connectivity index (χ2n) is 8.01. The maximum atomic E-state index is 12.8. The lowest BCUT2D eigenvalue weighted by Crippen LogP contribution is -2.54. The number of nitrogens with zero attached hydrogens (tertiary/aromatic N) is 1. The van der Waals surface area contributed by atoms with Crippen LogP contribution in [0, 0.1) is 6.92 Å². The van der Waals surface area contributed by atoms with Crippen LogP contribution in [0.5, 0.6) is 0 Å². The van der Waals surface area contributed by atoms with Gasteiger partial charge in [0.05, 0.1) is 4.91 Å². The summed E-state index contributed by atoms with van der Waals surface area (Å²) in [5, 5.41) is 8.19. The highest BCUT2D eigenvalue weighted by molar-refractivity contribution is 8.04. The van der Waals surface area contributed by atoms with Crippen molar-refractivity contribution in [2.45, 2.75) is 37.2 Å². The molecule has 0 aliphatic carbocycles. The Morgan fingerprint density at radius 3 is 2.71 bits per heavy atom. The van der Waals surface area contributed by atoms with Crippen molar-refractivity contribution in [1.29, 1.82) is 0 Å². The molecule has 1 atom stereocenters. The zero-order chi connectivity index (χ0) is 25.1. The van der Waals surface area contributed by atoms with E-state index >= 15 is 0 Å². The fourth-order valence-corrected chi connectivity index (χ4v) is 4.77. The number of halogens is 1. The van der Waals surface area contributed by atoms with Crippen LogP contribution in [0.4, 0.5) is 10.5 Å². The van der Waals surface area contributed by atoms with Gasteiger partial charge in [-0.2, -0.15) is 0 Å². The number of rotatable bonds is 6. The number of thioether (sulfide) groups is 1. The van der Waals surface area contributed by atoms with Gasteiger partial charge in [0.1, 0.15) is 6.04 Å². The minimum Gasteiger partial charge on any atom is -0.334 e. The molecule has 2 aromatic carbocycles. The van der Waals surface area contributed by atoms with E-state index in [1.165, 1.54) is 6.08 Å². The Kier molecular flexibility index (Phi) is 7.23. The molecule has 2 aliphatic heterocycles. The van der Waals surface area contributed by atoms with Crippen LogP contribution in [-0.4, -0.2) is 40.6 Å². The van der Waals surface area contributed by atoms with Gasteiger partial charge in [0, 0.05) is 34.6 Å². The molecule has 0 spiro atoms. The fourth-order valence-electron chi connectivity index (χ4n) is 3.63. The summed E-state index contributed by atoms with van der Waals surface area (Å²) in [6, 6.07) is 11.0. The summed E-state index contributed by atoms with van der Waals surface area (Å²) in [7, 11) is 0. The second kappa shape index (κ2) is 10.3. The van der Waals surface area contributed by atoms with Crippen LogP contribution in [0.3, 0.4) is 0 Å². The molecule has 9 nitrogen and oxygen atoms in total. The first-order valence-electron chi connectivity index (χ1n) is 10.7. The molecule has 3 N–H and O–H groups in total. The van der Waals surface area contributed by atoms with Gasteiger partial charge < -0.3 is 10.6 Å². The lowest BCUT2D eigenvalue weighted by molar-refractivity contribution is -0.149. The quantitative estimate of drug-likeness (QED) is 0.511. The van der Waals surface area contributed by atoms with E-state index in [1.807, 2.05) is 19.1 Å². The Bertz CT molecular complexity index is 1280. The van der Waals surface area contributed by atoms with Gasteiger partial charge in [-0.05, 0) is 48.7 Å². The van der Waals surface area contributed by atoms with Crippen molar-refractivity contribution in [2.75, 3.05) is 5.32 Å². The molecule has 180 valence electrons. The number of benzene rings is 2. The van der Waals surface area contributed by atoms with Gasteiger partial charge >= 0.3 is 6.03 Å². The van der Waals surface area contributed by atoms with Crippen molar-refractivity contribution in [1.82, 2.24) is 15.5 Å². The lowest BCUT2D eigenvalue weighted by Gasteiger charge is -2.28. The number of aryl methyl sites for hydroxylation is 1. The van der Waals surface area contributed by atoms with Crippen LogP contribution in [0.25, 0.3) is 0 Å². The van der Waals surface area contributed by atoms with E-state index in [9.17, 15) is 24.0 Å². The molecule has 0 radical (unpaired) electrons. The Morgan fingerprint density at radius 1 is 1.17 bits per heavy atom. The van der Waals surface area contributed by atoms with E-state index < -0.39 is 35.7 Å². The third-order valence-corrected chi connectivity index (χ3v) is 6.86. The lowest BCUT2D eigenvalue weighted by atomic mass is 10.0. The van der Waals surface area contributed by atoms with Crippen molar-refractivity contribution in [3.63, 3.8) is 0 Å². The number of piperidine rings is 1. The normalized spacial score (nSPS) is 17.8. The molecule has 0 saturated carbocycles. The van der Waals surface area contributed by atoms with E-state index in [-0.39, 0.29) is 24.3 Å². The first-order valence-corrected chi connectivity index (χ1v) is 11.9. The summed E-state index contributed by atoms with van der Waals surface area (Å²) in [5.74, 6) is -2.23. The molecule has 1 unspecified atom stereocenters. The van der Waals surface area contributed by atoms with Crippen LogP contribution in [0.2, 0.25) is 5.02 Å². The van der Waals surface area contributed by atoms with E-state index in [4.69, 9.17) is 11.6 Å². The smallest absolute Gasteiger partial charge is 0.319 e. The van der Waals surface area contributed by atoms with Crippen LogP contribution >= 0.6 is 23.4 Å². The SMILES string of the molecule is Cc1ccc(NC(=O)NCc2cccc(SC3=CC(=O)N(C4CCC(=O)NC4=O)C3=O)c2)cc1Cl. The van der Waals surface area contributed by atoms with Gasteiger partial charge in [-0.3, -0.25) is 29.4 Å². The summed E-state index contributed by atoms with van der Waals surface area (Å²) in [4.78, 5) is 62.8. The number of anilines is 1. The molecule has 35 heavy (non-hydrogen) atoms. The zero-order valence-electron chi connectivity index (χ0n) is 18.6. The third kappa shape index (κ3) is 5.72. The third-order valence-electron chi connectivity index (χ3n) is 5.45. The Labute approximate surface area is 210 Å². The Balaban J connectivity index is 1.35. The number of nitrogens with one attached hydrogen (secondary N) is 3. The van der Waals surface area contributed by atoms with Crippen LogP contribution < -0.4 is 16.0 Å². The molecule has 0 bridgehead atoms. The van der Waals surface area contributed by atoms with E-state index in [2.05, 4.69) is 16.0 Å². The zero-order valence-corrected chi connectivity index (χ0v) is 20.2. The van der Waals surface area contributed by atoms with E-state index in [0.29, 0.717) is 15.6 Å². The van der Waals surface area contributed by atoms with Crippen molar-refractivity contribution in [2.24, 2.45) is 0 Å². The minimum absolute atomic E-state index is 0.0650. The van der Waals surface area contributed by atoms with Gasteiger partial charge in [-0.25, -0.2) is 4.79 Å². The standard InChI is InChI=1S/C24H21ClN4O5S/c1-13-5-6-15(10-17(13)25)27-24(34)26-12-14-3-2-4-16(9-14)35-19-11-21(31)29(23(19)33)18-7-8-20(30)28-22(18)32/h2-6,9-11,18H,7-8,12H2,1H3,(H2,26,27,34)(H,28,30,32). The number of hydrogen-bond donors (Lipinski definition) is 3. The predicted molar refractivity (Wildman–Crippen MR) is 130 cm³/mol. The summed E-state index contributed by atoms with van der Waals surface area (Å²) >= 11 is 7.18. The van der Waals surface area contributed by atoms with Crippen molar-refractivity contribution < 1.29 is 24.0 Å². The highest BCUT2D eigenvalue weighted by Crippen LogP contribution is 2.33. The van der Waals surface area contributed by atoms with Gasteiger partial charge in [0.15, 0.2) is 0 Å². The number of carbonyl (C=O) groups is 5. The summed E-state index contributed by atoms with van der Waals surface area (Å²) in [6.07, 6.45) is 1.36. The van der Waals surface area contributed by atoms with E-state index in [0.717, 1.165) is 27.8 Å². The first kappa shape index (κ1) is 24.5. The maximum absolute atomic E-state index is 12.8. The molecule has 11 heteroatoms. The van der Waals surface area contributed by atoms with Crippen molar-refractivity contribution in [3.05, 3.63) is 69.6 Å². The number of amides is 6. The van der Waals surface area contributed by atoms with Crippen LogP contribution in [0.1, 0.15) is 24.0 Å². The highest BCUT2D eigenvalue weighted by Gasteiger charge is 2.42. The average Bonchev–Trinajstić information content (AvgIpc) is 3.08. The molecular formula is C24H21ClN4O5S. The highest BCUT2D eigenvalue weighted by atomic mass is 35.5. The molecule has 4 rings (SSSR count). The van der Waals surface area contributed by atoms with Gasteiger partial charge in [-0.15, -0.1) is 0 Å². The number of carbonyl (C=O) groups excluding carboxylic acids is 5. The molecule has 1 fully saturated rings. The largest absolute Gasteiger partial charge is 0.334 e. The molecule has 2 aliphatic rings. The summed E-state index contributed by atoms with van der Waals surface area (Å²) in [5.41, 5.74) is 2.26. The molecular weight excluding hydrogens is 492 g/mol. The molecule has 2 heterocycles. The Hall–Kier alpha value is -3.63. The molecule has 1 saturated heterocycles. The number of hydrogen-bond acceptors (Lipinski definition) is 6. The number of urea groups is 1. The molecule has 6 amide bonds. The predicted octanol–water partition coefficient (Wildman–Crippen LogP) is 3.12. The summed E-state index contributed by atoms with van der Waals surface area (Å²) in [6.45, 7) is 2.10. The molecule has 0 aromatic heterocycles. The van der Waals surface area contributed by atoms with Gasteiger partial charge in [0.25, 0.3) is 11.8 Å². The topological polar surface area (TPSA) is 125 Å². The first-order chi connectivity index (χ1) is 16.7. The monoisotopic (exact) mass is 512 g/mol. The van der Waals surface area contributed by atoms with Crippen LogP contribution in [0.15, 0.2) is 58.3 Å². The van der Waals surface area contributed by atoms with Gasteiger partial charge in [-0.1, -0.05) is 41.6 Å². The van der Waals surface area contributed by atoms with Crippen molar-refractivity contribution in [3.8, 4) is 0 Å². The maximum Gasteiger partial charge on any atom is 0.319 e. The second-order valence-corrected chi connectivity index (χ2v) is 9.53. The van der Waals surface area contributed by atoms with E-state index in [1.54, 1.807) is 30.3 Å². The number of imide groups is 2. The minimum atomic E-state index is -1.00. The molecule has 2 aromatic rings. The average molecular weight is 513 g/mol.